The van der Waals surface area contributed by atoms with E-state index in [1.807, 2.05) is 30.3 Å². The molecule has 1 heterocycles. The van der Waals surface area contributed by atoms with E-state index in [0.29, 0.717) is 11.6 Å². The summed E-state index contributed by atoms with van der Waals surface area (Å²) < 4.78 is 13.7. The summed E-state index contributed by atoms with van der Waals surface area (Å²) in [7, 11) is 0. The molecule has 23 heavy (non-hydrogen) atoms. The van der Waals surface area contributed by atoms with Gasteiger partial charge in [0.2, 0.25) is 9.68 Å². The number of aromatic nitrogens is 1. The molecule has 8 heteroatoms. The Morgan fingerprint density at radius 3 is 2.35 bits per heavy atom. The number of hydrogen-bond donors (Lipinski definition) is 0. The van der Waals surface area contributed by atoms with Crippen molar-refractivity contribution >= 4 is 41.0 Å². The molecule has 0 radical (unpaired) electrons. The molecule has 0 saturated heterocycles. The lowest BCUT2D eigenvalue weighted by molar-refractivity contribution is 0.00714. The highest BCUT2D eigenvalue weighted by Gasteiger charge is 2.44. The van der Waals surface area contributed by atoms with Gasteiger partial charge in [-0.1, -0.05) is 53.0 Å². The fourth-order valence-electron chi connectivity index (χ4n) is 1.54. The molecular weight excluding hydrogens is 365 g/mol. The zero-order valence-corrected chi connectivity index (χ0v) is 14.9. The van der Waals surface area contributed by atoms with Gasteiger partial charge in [-0.15, -0.1) is 0 Å². The zero-order valence-electron chi connectivity index (χ0n) is 12.6. The topological polar surface area (TPSA) is 61.6 Å². The number of carbonyl (C=O) groups excluding carboxylic acids is 1. The average molecular weight is 379 g/mol. The van der Waals surface area contributed by atoms with Crippen LogP contribution in [0.4, 0.5) is 4.79 Å². The van der Waals surface area contributed by atoms with E-state index in [1.165, 1.54) is 13.8 Å². The lowest BCUT2D eigenvalue weighted by Gasteiger charge is -2.30. The average Bonchev–Trinajstić information content (AvgIpc) is 2.79. The van der Waals surface area contributed by atoms with E-state index >= 15 is 0 Å². The van der Waals surface area contributed by atoms with Crippen LogP contribution in [-0.4, -0.2) is 20.5 Å². The van der Waals surface area contributed by atoms with Gasteiger partial charge in [0.05, 0.1) is 0 Å². The van der Waals surface area contributed by atoms with E-state index < -0.39 is 15.5 Å². The van der Waals surface area contributed by atoms with Crippen molar-refractivity contribution in [3.05, 3.63) is 36.0 Å². The van der Waals surface area contributed by atoms with Crippen LogP contribution >= 0.6 is 34.8 Å². The molecule has 2 aromatic rings. The molecular formula is C15H14Cl3NO4. The predicted octanol–water partition coefficient (Wildman–Crippen LogP) is 5.31. The number of halogens is 3. The molecule has 124 valence electrons. The first-order valence-electron chi connectivity index (χ1n) is 6.60. The molecule has 0 unspecified atom stereocenters. The van der Waals surface area contributed by atoms with Crippen LogP contribution in [-0.2, 0) is 4.74 Å². The van der Waals surface area contributed by atoms with Gasteiger partial charge in [-0.2, -0.15) is 0 Å². The Balaban J connectivity index is 2.12. The molecule has 0 atom stereocenters. The lowest BCUT2D eigenvalue weighted by Crippen LogP contribution is -2.41. The van der Waals surface area contributed by atoms with Gasteiger partial charge in [0, 0.05) is 5.56 Å². The minimum Gasteiger partial charge on any atom is -0.423 e. The quantitative estimate of drug-likeness (QED) is 0.534. The van der Waals surface area contributed by atoms with Gasteiger partial charge in [0.15, 0.2) is 5.60 Å². The Morgan fingerprint density at radius 2 is 1.78 bits per heavy atom. The third-order valence-corrected chi connectivity index (χ3v) is 4.34. The third kappa shape index (κ3) is 4.31. The first-order chi connectivity index (χ1) is 10.6. The first kappa shape index (κ1) is 17.9. The molecule has 1 aromatic carbocycles. The van der Waals surface area contributed by atoms with Gasteiger partial charge < -0.3 is 13.9 Å². The van der Waals surface area contributed by atoms with E-state index in [1.54, 1.807) is 6.92 Å². The number of rotatable bonds is 3. The van der Waals surface area contributed by atoms with Crippen LogP contribution in [0.2, 0.25) is 0 Å². The summed E-state index contributed by atoms with van der Waals surface area (Å²) in [6.07, 6.45) is -1.06. The van der Waals surface area contributed by atoms with Crippen LogP contribution in [0.5, 0.6) is 5.95 Å². The monoisotopic (exact) mass is 377 g/mol. The molecule has 1 aromatic heterocycles. The Labute approximate surface area is 148 Å². The molecule has 0 aliphatic carbocycles. The molecule has 0 aliphatic heterocycles. The number of ether oxygens (including phenoxy) is 2. The van der Waals surface area contributed by atoms with Gasteiger partial charge in [-0.05, 0) is 32.9 Å². The van der Waals surface area contributed by atoms with Crippen molar-refractivity contribution in [3.63, 3.8) is 0 Å². The van der Waals surface area contributed by atoms with Crippen molar-refractivity contribution < 1.29 is 18.7 Å². The van der Waals surface area contributed by atoms with Gasteiger partial charge in [-0.25, -0.2) is 9.78 Å². The Kier molecular flexibility index (Phi) is 5.14. The van der Waals surface area contributed by atoms with Crippen LogP contribution < -0.4 is 4.74 Å². The summed E-state index contributed by atoms with van der Waals surface area (Å²) in [5.41, 5.74) is -0.238. The second-order valence-corrected chi connectivity index (χ2v) is 7.50. The number of oxazole rings is 1. The van der Waals surface area contributed by atoms with Gasteiger partial charge in [0.1, 0.15) is 5.69 Å². The third-order valence-electron chi connectivity index (χ3n) is 2.97. The Hall–Kier alpha value is -1.43. The molecule has 0 N–H and O–H groups in total. The summed E-state index contributed by atoms with van der Waals surface area (Å²) in [6, 6.07) is 9.19. The highest BCUT2D eigenvalue weighted by molar-refractivity contribution is 6.68. The maximum atomic E-state index is 11.9. The highest BCUT2D eigenvalue weighted by atomic mass is 35.6. The zero-order chi connectivity index (χ0) is 17.3. The van der Waals surface area contributed by atoms with E-state index in [2.05, 4.69) is 4.98 Å². The number of nitrogens with zero attached hydrogens (tertiary/aromatic N) is 1. The van der Waals surface area contributed by atoms with E-state index in [4.69, 9.17) is 48.7 Å². The molecule has 0 bridgehead atoms. The minimum atomic E-state index is -1.81. The summed E-state index contributed by atoms with van der Waals surface area (Å²) in [4.78, 5) is 16.1. The molecule has 0 aliphatic rings. The number of benzene rings is 1. The molecule has 0 fully saturated rings. The summed E-state index contributed by atoms with van der Waals surface area (Å²) >= 11 is 17.2. The van der Waals surface area contributed by atoms with E-state index in [0.717, 1.165) is 5.56 Å². The van der Waals surface area contributed by atoms with Crippen molar-refractivity contribution in [1.29, 1.82) is 0 Å². The standard InChI is InChI=1S/C15H14Cl3NO4/c1-9-12(21-11(19-9)10-7-5-4-6-8-10)22-13(20)23-14(2,3)15(16,17)18/h4-8H,1-3H3. The molecule has 0 spiro atoms. The van der Waals surface area contributed by atoms with Crippen LogP contribution in [0, 0.1) is 6.92 Å². The maximum Gasteiger partial charge on any atom is 0.517 e. The number of hydrogen-bond acceptors (Lipinski definition) is 5. The maximum absolute atomic E-state index is 11.9. The second kappa shape index (κ2) is 6.59. The van der Waals surface area contributed by atoms with Crippen LogP contribution in [0.25, 0.3) is 11.5 Å². The van der Waals surface area contributed by atoms with Gasteiger partial charge >= 0.3 is 12.1 Å². The van der Waals surface area contributed by atoms with Crippen molar-refractivity contribution in [1.82, 2.24) is 4.98 Å². The van der Waals surface area contributed by atoms with Crippen molar-refractivity contribution in [2.24, 2.45) is 0 Å². The lowest BCUT2D eigenvalue weighted by atomic mass is 10.2. The highest BCUT2D eigenvalue weighted by Crippen LogP contribution is 2.40. The van der Waals surface area contributed by atoms with Crippen molar-refractivity contribution in [2.45, 2.75) is 30.2 Å². The van der Waals surface area contributed by atoms with Crippen molar-refractivity contribution in [3.8, 4) is 17.4 Å². The van der Waals surface area contributed by atoms with Crippen molar-refractivity contribution in [2.75, 3.05) is 0 Å². The molecule has 0 amide bonds. The molecule has 5 nitrogen and oxygen atoms in total. The largest absolute Gasteiger partial charge is 0.517 e. The first-order valence-corrected chi connectivity index (χ1v) is 7.74. The SMILES string of the molecule is Cc1nc(-c2ccccc2)oc1OC(=O)OC(C)(C)C(Cl)(Cl)Cl. The van der Waals surface area contributed by atoms with Crippen LogP contribution in [0.1, 0.15) is 19.5 Å². The van der Waals surface area contributed by atoms with E-state index in [9.17, 15) is 4.79 Å². The van der Waals surface area contributed by atoms with Gasteiger partial charge in [-0.3, -0.25) is 0 Å². The number of aryl methyl sites for hydroxylation is 1. The second-order valence-electron chi connectivity index (χ2n) is 5.22. The molecule has 0 saturated carbocycles. The minimum absolute atomic E-state index is 0.0750. The van der Waals surface area contributed by atoms with Gasteiger partial charge in [0.25, 0.3) is 0 Å². The summed E-state index contributed by atoms with van der Waals surface area (Å²) in [5.74, 6) is 0.250. The number of alkyl halides is 3. The summed E-state index contributed by atoms with van der Waals surface area (Å²) in [6.45, 7) is 4.53. The normalized spacial score (nSPS) is 12.1. The van der Waals surface area contributed by atoms with Crippen LogP contribution in [0.3, 0.4) is 0 Å². The smallest absolute Gasteiger partial charge is 0.423 e. The fraction of sp³-hybridized carbons (Fsp3) is 0.333. The van der Waals surface area contributed by atoms with E-state index in [-0.39, 0.29) is 5.95 Å². The fourth-order valence-corrected chi connectivity index (χ4v) is 1.66. The predicted molar refractivity (Wildman–Crippen MR) is 88.2 cm³/mol. The van der Waals surface area contributed by atoms with Crippen LogP contribution in [0.15, 0.2) is 34.7 Å². The molecule has 2 rings (SSSR count). The number of carbonyl (C=O) groups is 1. The Morgan fingerprint density at radius 1 is 1.17 bits per heavy atom. The Bertz CT molecular complexity index is 692. The summed E-state index contributed by atoms with van der Waals surface area (Å²) in [5, 5.41) is 0.